The van der Waals surface area contributed by atoms with Gasteiger partial charge in [0.2, 0.25) is 10.0 Å². The zero-order chi connectivity index (χ0) is 13.8. The second-order valence-electron chi connectivity index (χ2n) is 4.78. The van der Waals surface area contributed by atoms with Crippen molar-refractivity contribution < 1.29 is 16.8 Å². The predicted octanol–water partition coefficient (Wildman–Crippen LogP) is -0.661. The quantitative estimate of drug-likeness (QED) is 0.651. The van der Waals surface area contributed by atoms with E-state index in [-0.39, 0.29) is 24.0 Å². The first-order chi connectivity index (χ1) is 8.27. The third kappa shape index (κ3) is 4.83. The molecule has 1 aliphatic heterocycles. The summed E-state index contributed by atoms with van der Waals surface area (Å²) < 4.78 is 48.7. The number of rotatable bonds is 7. The summed E-state index contributed by atoms with van der Waals surface area (Å²) in [6.07, 6.45) is 0.548. The summed E-state index contributed by atoms with van der Waals surface area (Å²) in [5.74, 6) is 0.180. The third-order valence-electron chi connectivity index (χ3n) is 3.11. The lowest BCUT2D eigenvalue weighted by molar-refractivity contribution is 0.531. The molecule has 2 atom stereocenters. The van der Waals surface area contributed by atoms with Crippen LogP contribution in [0.25, 0.3) is 0 Å². The lowest BCUT2D eigenvalue weighted by Gasteiger charge is -2.16. The van der Waals surface area contributed by atoms with Gasteiger partial charge in [0.05, 0.1) is 16.8 Å². The molecule has 108 valence electrons. The Morgan fingerprint density at radius 1 is 1.39 bits per heavy atom. The smallest absolute Gasteiger partial charge is 0.215 e. The summed E-state index contributed by atoms with van der Waals surface area (Å²) in [5, 5.41) is 2.46. The van der Waals surface area contributed by atoms with Gasteiger partial charge in [0, 0.05) is 13.1 Å². The monoisotopic (exact) mass is 298 g/mol. The van der Waals surface area contributed by atoms with Gasteiger partial charge in [-0.2, -0.15) is 0 Å². The first-order valence-electron chi connectivity index (χ1n) is 6.16. The molecule has 2 N–H and O–H groups in total. The first-order valence-corrected chi connectivity index (χ1v) is 9.53. The minimum absolute atomic E-state index is 0.0869. The Balaban J connectivity index is 2.42. The van der Waals surface area contributed by atoms with Crippen LogP contribution in [0.3, 0.4) is 0 Å². The van der Waals surface area contributed by atoms with Gasteiger partial charge < -0.3 is 5.32 Å². The van der Waals surface area contributed by atoms with E-state index >= 15 is 0 Å². The Kier molecular flexibility index (Phi) is 5.57. The average Bonchev–Trinajstić information content (AvgIpc) is 2.63. The Bertz CT molecular complexity index is 458. The van der Waals surface area contributed by atoms with E-state index in [4.69, 9.17) is 0 Å². The first kappa shape index (κ1) is 15.9. The lowest BCUT2D eigenvalue weighted by atomic mass is 10.1. The minimum Gasteiger partial charge on any atom is -0.316 e. The van der Waals surface area contributed by atoms with Crippen molar-refractivity contribution in [1.29, 1.82) is 0 Å². The molecular formula is C10H22N2O4S2. The Morgan fingerprint density at radius 3 is 2.56 bits per heavy atom. The van der Waals surface area contributed by atoms with Gasteiger partial charge in [-0.25, -0.2) is 21.6 Å². The van der Waals surface area contributed by atoms with Crippen molar-refractivity contribution in [3.63, 3.8) is 0 Å². The van der Waals surface area contributed by atoms with Gasteiger partial charge in [-0.05, 0) is 25.8 Å². The molecular weight excluding hydrogens is 276 g/mol. The molecule has 0 amide bonds. The topological polar surface area (TPSA) is 92.3 Å². The minimum atomic E-state index is -3.36. The van der Waals surface area contributed by atoms with E-state index in [1.165, 1.54) is 0 Å². The van der Waals surface area contributed by atoms with Gasteiger partial charge in [-0.15, -0.1) is 0 Å². The van der Waals surface area contributed by atoms with Gasteiger partial charge in [-0.3, -0.25) is 0 Å². The standard InChI is InChI=1S/C10H22N2O4S2/c1-3-11-6-9(2)18(15,16)12-7-10-4-5-17(13,14)8-10/h9-12H,3-8H2,1-2H3. The van der Waals surface area contributed by atoms with Crippen molar-refractivity contribution in [2.45, 2.75) is 25.5 Å². The van der Waals surface area contributed by atoms with E-state index in [2.05, 4.69) is 10.0 Å². The number of sulfone groups is 1. The van der Waals surface area contributed by atoms with Crippen molar-refractivity contribution in [3.8, 4) is 0 Å². The summed E-state index contributed by atoms with van der Waals surface area (Å²) in [5.41, 5.74) is 0. The molecule has 2 unspecified atom stereocenters. The molecule has 0 aromatic heterocycles. The Morgan fingerprint density at radius 2 is 2.06 bits per heavy atom. The molecule has 0 spiro atoms. The third-order valence-corrected chi connectivity index (χ3v) is 6.74. The van der Waals surface area contributed by atoms with Gasteiger partial charge >= 0.3 is 0 Å². The zero-order valence-corrected chi connectivity index (χ0v) is 12.5. The molecule has 18 heavy (non-hydrogen) atoms. The van der Waals surface area contributed by atoms with E-state index in [1.807, 2.05) is 6.92 Å². The average molecular weight is 298 g/mol. The van der Waals surface area contributed by atoms with Gasteiger partial charge in [-0.1, -0.05) is 6.92 Å². The van der Waals surface area contributed by atoms with E-state index in [0.29, 0.717) is 13.0 Å². The van der Waals surface area contributed by atoms with Crippen LogP contribution in [-0.4, -0.2) is 53.2 Å². The molecule has 6 nitrogen and oxygen atoms in total. The van der Waals surface area contributed by atoms with Crippen LogP contribution in [0.5, 0.6) is 0 Å². The maximum Gasteiger partial charge on any atom is 0.215 e. The van der Waals surface area contributed by atoms with Crippen molar-refractivity contribution in [2.75, 3.05) is 31.1 Å². The van der Waals surface area contributed by atoms with Crippen LogP contribution in [0.4, 0.5) is 0 Å². The second-order valence-corrected chi connectivity index (χ2v) is 9.19. The summed E-state index contributed by atoms with van der Waals surface area (Å²) in [4.78, 5) is 0. The highest BCUT2D eigenvalue weighted by molar-refractivity contribution is 7.91. The lowest BCUT2D eigenvalue weighted by Crippen LogP contribution is -2.40. The van der Waals surface area contributed by atoms with Gasteiger partial charge in [0.25, 0.3) is 0 Å². The fourth-order valence-corrected chi connectivity index (χ4v) is 4.82. The van der Waals surface area contributed by atoms with Crippen molar-refractivity contribution in [1.82, 2.24) is 10.0 Å². The fourth-order valence-electron chi connectivity index (χ4n) is 1.87. The molecule has 0 saturated carbocycles. The number of nitrogens with one attached hydrogen (secondary N) is 2. The molecule has 1 fully saturated rings. The second kappa shape index (κ2) is 6.31. The largest absolute Gasteiger partial charge is 0.316 e. The highest BCUT2D eigenvalue weighted by atomic mass is 32.2. The molecule has 0 aromatic rings. The maximum absolute atomic E-state index is 11.9. The van der Waals surface area contributed by atoms with Crippen LogP contribution in [0.1, 0.15) is 20.3 Å². The summed E-state index contributed by atoms with van der Waals surface area (Å²) >= 11 is 0. The van der Waals surface area contributed by atoms with Gasteiger partial charge in [0.1, 0.15) is 0 Å². The molecule has 0 aliphatic carbocycles. The molecule has 1 aliphatic rings. The SMILES string of the molecule is CCNCC(C)S(=O)(=O)NCC1CCS(=O)(=O)C1. The number of hydrogen-bond acceptors (Lipinski definition) is 5. The molecule has 0 aromatic carbocycles. The Labute approximate surface area is 110 Å². The summed E-state index contributed by atoms with van der Waals surface area (Å²) in [6.45, 7) is 4.89. The predicted molar refractivity (Wildman–Crippen MR) is 71.7 cm³/mol. The molecule has 1 heterocycles. The van der Waals surface area contributed by atoms with Crippen LogP contribution in [0.15, 0.2) is 0 Å². The summed E-state index contributed by atoms with van der Waals surface area (Å²) in [7, 11) is -6.31. The van der Waals surface area contributed by atoms with Crippen LogP contribution in [0.2, 0.25) is 0 Å². The molecule has 8 heteroatoms. The molecule has 1 rings (SSSR count). The van der Waals surface area contributed by atoms with Crippen molar-refractivity contribution in [2.24, 2.45) is 5.92 Å². The van der Waals surface area contributed by atoms with Crippen LogP contribution >= 0.6 is 0 Å². The van der Waals surface area contributed by atoms with Crippen LogP contribution in [-0.2, 0) is 19.9 Å². The highest BCUT2D eigenvalue weighted by Crippen LogP contribution is 2.17. The van der Waals surface area contributed by atoms with Crippen molar-refractivity contribution in [3.05, 3.63) is 0 Å². The normalized spacial score (nSPS) is 25.1. The molecule has 0 bridgehead atoms. The zero-order valence-electron chi connectivity index (χ0n) is 10.8. The molecule has 1 saturated heterocycles. The maximum atomic E-state index is 11.9. The van der Waals surface area contributed by atoms with E-state index in [0.717, 1.165) is 6.54 Å². The molecule has 0 radical (unpaired) electrons. The number of hydrogen-bond donors (Lipinski definition) is 2. The Hall–Kier alpha value is -0.180. The van der Waals surface area contributed by atoms with E-state index in [1.54, 1.807) is 6.92 Å². The fraction of sp³-hybridized carbons (Fsp3) is 1.00. The van der Waals surface area contributed by atoms with E-state index in [9.17, 15) is 16.8 Å². The van der Waals surface area contributed by atoms with Crippen molar-refractivity contribution >= 4 is 19.9 Å². The highest BCUT2D eigenvalue weighted by Gasteiger charge is 2.29. The van der Waals surface area contributed by atoms with Crippen LogP contribution in [0, 0.1) is 5.92 Å². The van der Waals surface area contributed by atoms with Crippen LogP contribution < -0.4 is 10.0 Å². The van der Waals surface area contributed by atoms with Gasteiger partial charge in [0.15, 0.2) is 9.84 Å². The number of sulfonamides is 1. The summed E-state index contributed by atoms with van der Waals surface area (Å²) in [6, 6.07) is 0. The van der Waals surface area contributed by atoms with E-state index < -0.39 is 25.1 Å².